The Labute approximate surface area is 107 Å². The summed E-state index contributed by atoms with van der Waals surface area (Å²) in [4.78, 5) is 11.8. The van der Waals surface area contributed by atoms with Gasteiger partial charge in [-0.05, 0) is 30.9 Å². The molecule has 4 heteroatoms. The van der Waals surface area contributed by atoms with Gasteiger partial charge in [0, 0.05) is 12.6 Å². The lowest BCUT2D eigenvalue weighted by Crippen LogP contribution is -2.41. The second-order valence-electron chi connectivity index (χ2n) is 4.90. The zero-order valence-electron chi connectivity index (χ0n) is 10.4. The number of carbonyl (C=O) groups is 1. The van der Waals surface area contributed by atoms with Crippen molar-refractivity contribution in [3.63, 3.8) is 0 Å². The van der Waals surface area contributed by atoms with Crippen LogP contribution in [0.3, 0.4) is 0 Å². The number of rotatable bonds is 3. The Kier molecular flexibility index (Phi) is 4.31. The first-order valence-corrected chi connectivity index (χ1v) is 6.47. The van der Waals surface area contributed by atoms with Gasteiger partial charge in [0.05, 0.1) is 5.56 Å². The monoisotopic (exact) mass is 250 g/mol. The maximum atomic E-state index is 13.4. The zero-order chi connectivity index (χ0) is 13.0. The van der Waals surface area contributed by atoms with Crippen LogP contribution in [0.2, 0.25) is 0 Å². The highest BCUT2D eigenvalue weighted by Crippen LogP contribution is 2.22. The number of carbonyl (C=O) groups excluding carboxylic acids is 1. The molecule has 1 aromatic rings. The normalized spacial score (nSPS) is 23.7. The summed E-state index contributed by atoms with van der Waals surface area (Å²) in [5.41, 5.74) is 6.11. The molecule has 2 atom stereocenters. The molecule has 1 aliphatic rings. The van der Waals surface area contributed by atoms with Gasteiger partial charge in [0.15, 0.2) is 0 Å². The highest BCUT2D eigenvalue weighted by Gasteiger charge is 2.22. The maximum absolute atomic E-state index is 13.4. The fourth-order valence-electron chi connectivity index (χ4n) is 2.45. The Morgan fingerprint density at radius 2 is 2.06 bits per heavy atom. The highest BCUT2D eigenvalue weighted by atomic mass is 19.1. The molecule has 0 aliphatic heterocycles. The van der Waals surface area contributed by atoms with E-state index >= 15 is 0 Å². The number of hydrogen-bond acceptors (Lipinski definition) is 2. The van der Waals surface area contributed by atoms with E-state index < -0.39 is 5.82 Å². The summed E-state index contributed by atoms with van der Waals surface area (Å²) < 4.78 is 13.4. The van der Waals surface area contributed by atoms with E-state index in [0.717, 1.165) is 19.3 Å². The molecule has 2 rings (SSSR count). The van der Waals surface area contributed by atoms with Crippen molar-refractivity contribution < 1.29 is 9.18 Å². The fourth-order valence-corrected chi connectivity index (χ4v) is 2.45. The van der Waals surface area contributed by atoms with Crippen molar-refractivity contribution in [3.8, 4) is 0 Å². The molecule has 0 heterocycles. The number of amides is 1. The molecule has 1 amide bonds. The first-order valence-electron chi connectivity index (χ1n) is 6.47. The van der Waals surface area contributed by atoms with Gasteiger partial charge in [-0.1, -0.05) is 25.0 Å². The summed E-state index contributed by atoms with van der Waals surface area (Å²) in [6, 6.07) is 6.17. The van der Waals surface area contributed by atoms with E-state index in [-0.39, 0.29) is 17.5 Å². The third-order valence-corrected chi connectivity index (χ3v) is 3.61. The standard InChI is InChI=1S/C14H19FN2O/c15-12-7-3-2-6-11(12)14(18)17-9-10-5-1-4-8-13(10)16/h2-3,6-7,10,13H,1,4-5,8-9,16H2,(H,17,18). The summed E-state index contributed by atoms with van der Waals surface area (Å²) in [7, 11) is 0. The molecule has 18 heavy (non-hydrogen) atoms. The Balaban J connectivity index is 1.90. The van der Waals surface area contributed by atoms with E-state index in [9.17, 15) is 9.18 Å². The first kappa shape index (κ1) is 13.0. The van der Waals surface area contributed by atoms with Gasteiger partial charge in [0.1, 0.15) is 5.82 Å². The number of halogens is 1. The lowest BCUT2D eigenvalue weighted by Gasteiger charge is -2.28. The van der Waals surface area contributed by atoms with Crippen LogP contribution in [0.4, 0.5) is 4.39 Å². The van der Waals surface area contributed by atoms with E-state index in [2.05, 4.69) is 5.32 Å². The van der Waals surface area contributed by atoms with Gasteiger partial charge in [-0.3, -0.25) is 4.79 Å². The van der Waals surface area contributed by atoms with E-state index in [1.54, 1.807) is 12.1 Å². The van der Waals surface area contributed by atoms with Crippen molar-refractivity contribution in [2.45, 2.75) is 31.7 Å². The van der Waals surface area contributed by atoms with Crippen LogP contribution in [0.5, 0.6) is 0 Å². The van der Waals surface area contributed by atoms with Crippen molar-refractivity contribution in [1.29, 1.82) is 0 Å². The second-order valence-corrected chi connectivity index (χ2v) is 4.90. The predicted molar refractivity (Wildman–Crippen MR) is 68.7 cm³/mol. The molecular weight excluding hydrogens is 231 g/mol. The summed E-state index contributed by atoms with van der Waals surface area (Å²) in [6.45, 7) is 0.536. The van der Waals surface area contributed by atoms with Gasteiger partial charge in [-0.25, -0.2) is 4.39 Å². The average molecular weight is 250 g/mol. The van der Waals surface area contributed by atoms with Crippen molar-refractivity contribution in [3.05, 3.63) is 35.6 Å². The molecule has 0 saturated heterocycles. The molecule has 0 aromatic heterocycles. The molecule has 1 saturated carbocycles. The first-order chi connectivity index (χ1) is 8.68. The maximum Gasteiger partial charge on any atom is 0.254 e. The molecule has 0 bridgehead atoms. The minimum Gasteiger partial charge on any atom is -0.352 e. The SMILES string of the molecule is NC1CCCCC1CNC(=O)c1ccccc1F. The lowest BCUT2D eigenvalue weighted by atomic mass is 9.85. The van der Waals surface area contributed by atoms with Gasteiger partial charge in [0.25, 0.3) is 5.91 Å². The quantitative estimate of drug-likeness (QED) is 0.863. The average Bonchev–Trinajstić information content (AvgIpc) is 2.38. The molecule has 1 fully saturated rings. The van der Waals surface area contributed by atoms with Crippen molar-refractivity contribution >= 4 is 5.91 Å². The predicted octanol–water partition coefficient (Wildman–Crippen LogP) is 2.07. The molecular formula is C14H19FN2O. The minimum absolute atomic E-state index is 0.0990. The van der Waals surface area contributed by atoms with Crippen LogP contribution < -0.4 is 11.1 Å². The van der Waals surface area contributed by atoms with Crippen molar-refractivity contribution in [2.24, 2.45) is 11.7 Å². The van der Waals surface area contributed by atoms with Crippen LogP contribution in [-0.4, -0.2) is 18.5 Å². The molecule has 3 nitrogen and oxygen atoms in total. The van der Waals surface area contributed by atoms with Gasteiger partial charge in [0.2, 0.25) is 0 Å². The molecule has 98 valence electrons. The van der Waals surface area contributed by atoms with E-state index in [1.165, 1.54) is 18.6 Å². The zero-order valence-corrected chi connectivity index (χ0v) is 10.4. The third-order valence-electron chi connectivity index (χ3n) is 3.61. The second kappa shape index (κ2) is 5.96. The Morgan fingerprint density at radius 1 is 1.33 bits per heavy atom. The van der Waals surface area contributed by atoms with Crippen LogP contribution in [-0.2, 0) is 0 Å². The molecule has 1 aromatic carbocycles. The fraction of sp³-hybridized carbons (Fsp3) is 0.500. The number of nitrogens with one attached hydrogen (secondary N) is 1. The smallest absolute Gasteiger partial charge is 0.254 e. The Bertz CT molecular complexity index is 422. The summed E-state index contributed by atoms with van der Waals surface area (Å²) in [5, 5.41) is 2.78. The number of nitrogens with two attached hydrogens (primary N) is 1. The van der Waals surface area contributed by atoms with E-state index in [1.807, 2.05) is 0 Å². The van der Waals surface area contributed by atoms with Crippen LogP contribution in [0.25, 0.3) is 0 Å². The number of hydrogen-bond donors (Lipinski definition) is 2. The Hall–Kier alpha value is -1.42. The summed E-state index contributed by atoms with van der Waals surface area (Å²) in [5.74, 6) is -0.525. The topological polar surface area (TPSA) is 55.1 Å². The van der Waals surface area contributed by atoms with Crippen LogP contribution >= 0.6 is 0 Å². The van der Waals surface area contributed by atoms with Gasteiger partial charge in [-0.15, -0.1) is 0 Å². The van der Waals surface area contributed by atoms with Crippen LogP contribution in [0.15, 0.2) is 24.3 Å². The number of benzene rings is 1. The molecule has 3 N–H and O–H groups in total. The molecule has 2 unspecified atom stereocenters. The van der Waals surface area contributed by atoms with E-state index in [0.29, 0.717) is 12.5 Å². The summed E-state index contributed by atoms with van der Waals surface area (Å²) in [6.07, 6.45) is 4.38. The molecule has 0 spiro atoms. The van der Waals surface area contributed by atoms with Crippen LogP contribution in [0, 0.1) is 11.7 Å². The Morgan fingerprint density at radius 3 is 2.78 bits per heavy atom. The van der Waals surface area contributed by atoms with Gasteiger partial charge >= 0.3 is 0 Å². The summed E-state index contributed by atoms with van der Waals surface area (Å²) >= 11 is 0. The lowest BCUT2D eigenvalue weighted by molar-refractivity contribution is 0.0937. The van der Waals surface area contributed by atoms with Gasteiger partial charge in [-0.2, -0.15) is 0 Å². The highest BCUT2D eigenvalue weighted by molar-refractivity contribution is 5.94. The largest absolute Gasteiger partial charge is 0.352 e. The third kappa shape index (κ3) is 3.07. The van der Waals surface area contributed by atoms with Crippen molar-refractivity contribution in [2.75, 3.05) is 6.54 Å². The van der Waals surface area contributed by atoms with Crippen LogP contribution in [0.1, 0.15) is 36.0 Å². The molecule has 1 aliphatic carbocycles. The van der Waals surface area contributed by atoms with E-state index in [4.69, 9.17) is 5.73 Å². The van der Waals surface area contributed by atoms with Gasteiger partial charge < -0.3 is 11.1 Å². The van der Waals surface area contributed by atoms with Crippen molar-refractivity contribution in [1.82, 2.24) is 5.32 Å². The minimum atomic E-state index is -0.483. The molecule has 0 radical (unpaired) electrons.